The zero-order valence-corrected chi connectivity index (χ0v) is 16.0. The highest BCUT2D eigenvalue weighted by Crippen LogP contribution is 2.28. The van der Waals surface area contributed by atoms with E-state index in [1.54, 1.807) is 0 Å². The molecular weight excluding hydrogens is 290 g/mol. The van der Waals surface area contributed by atoms with Crippen molar-refractivity contribution in [2.45, 2.75) is 59.4 Å². The van der Waals surface area contributed by atoms with Gasteiger partial charge in [0, 0.05) is 25.0 Å². The maximum absolute atomic E-state index is 12.5. The Bertz CT molecular complexity index is 424. The molecule has 2 amide bonds. The van der Waals surface area contributed by atoms with Gasteiger partial charge in [0.05, 0.1) is 5.92 Å². The second-order valence-electron chi connectivity index (χ2n) is 9.01. The predicted octanol–water partition coefficient (Wildman–Crippen LogP) is 2.12. The zero-order valence-electron chi connectivity index (χ0n) is 16.0. The van der Waals surface area contributed by atoms with E-state index >= 15 is 0 Å². The van der Waals surface area contributed by atoms with Gasteiger partial charge in [-0.2, -0.15) is 0 Å². The molecule has 23 heavy (non-hydrogen) atoms. The monoisotopic (exact) mass is 325 g/mol. The molecule has 5 nitrogen and oxygen atoms in total. The molecule has 1 aliphatic rings. The molecule has 5 heteroatoms. The molecule has 0 aliphatic carbocycles. The van der Waals surface area contributed by atoms with Crippen LogP contribution in [0.25, 0.3) is 0 Å². The summed E-state index contributed by atoms with van der Waals surface area (Å²) in [5.41, 5.74) is -0.1000. The Labute approximate surface area is 141 Å². The van der Waals surface area contributed by atoms with E-state index < -0.39 is 0 Å². The summed E-state index contributed by atoms with van der Waals surface area (Å²) >= 11 is 0. The molecule has 0 aromatic rings. The molecule has 0 aromatic heterocycles. The van der Waals surface area contributed by atoms with E-state index in [4.69, 9.17) is 0 Å². The number of carbonyl (C=O) groups excluding carboxylic acids is 2. The second kappa shape index (κ2) is 7.65. The SMILES string of the molecule is CN(C)CCCN1CC(C(=O)NC(C)(C)CC(C)(C)C)CC1=O. The molecule has 1 rings (SSSR count). The van der Waals surface area contributed by atoms with Crippen molar-refractivity contribution in [2.75, 3.05) is 33.7 Å². The third-order valence-electron chi connectivity index (χ3n) is 4.05. The fraction of sp³-hybridized carbons (Fsp3) is 0.889. The Morgan fingerprint density at radius 2 is 1.87 bits per heavy atom. The van der Waals surface area contributed by atoms with Crippen LogP contribution in [0, 0.1) is 11.3 Å². The molecule has 1 unspecified atom stereocenters. The lowest BCUT2D eigenvalue weighted by atomic mass is 9.81. The van der Waals surface area contributed by atoms with Gasteiger partial charge in [-0.3, -0.25) is 9.59 Å². The van der Waals surface area contributed by atoms with Crippen molar-refractivity contribution in [3.05, 3.63) is 0 Å². The smallest absolute Gasteiger partial charge is 0.225 e. The van der Waals surface area contributed by atoms with E-state index in [9.17, 15) is 9.59 Å². The molecule has 1 saturated heterocycles. The van der Waals surface area contributed by atoms with Crippen molar-refractivity contribution in [1.29, 1.82) is 0 Å². The minimum Gasteiger partial charge on any atom is -0.351 e. The summed E-state index contributed by atoms with van der Waals surface area (Å²) in [5, 5.41) is 3.14. The first-order chi connectivity index (χ1) is 10.4. The standard InChI is InChI=1S/C18H35N3O2/c1-17(2,3)13-18(4,5)19-16(23)14-11-15(22)21(12-14)10-8-9-20(6)7/h14H,8-13H2,1-7H3,(H,19,23). The van der Waals surface area contributed by atoms with E-state index in [0.717, 1.165) is 25.9 Å². The highest BCUT2D eigenvalue weighted by Gasteiger charge is 2.36. The van der Waals surface area contributed by atoms with Crippen LogP contribution in [0.15, 0.2) is 0 Å². The van der Waals surface area contributed by atoms with Crippen molar-refractivity contribution < 1.29 is 9.59 Å². The van der Waals surface area contributed by atoms with Crippen molar-refractivity contribution in [1.82, 2.24) is 15.1 Å². The third kappa shape index (κ3) is 7.34. The van der Waals surface area contributed by atoms with Crippen molar-refractivity contribution >= 4 is 11.8 Å². The van der Waals surface area contributed by atoms with Crippen LogP contribution in [-0.4, -0.2) is 60.9 Å². The Morgan fingerprint density at radius 1 is 1.26 bits per heavy atom. The molecule has 0 radical (unpaired) electrons. The largest absolute Gasteiger partial charge is 0.351 e. The average Bonchev–Trinajstić information content (AvgIpc) is 2.66. The molecular formula is C18H35N3O2. The molecule has 0 bridgehead atoms. The summed E-state index contributed by atoms with van der Waals surface area (Å²) in [4.78, 5) is 28.6. The molecule has 1 N–H and O–H groups in total. The van der Waals surface area contributed by atoms with Crippen LogP contribution in [0.5, 0.6) is 0 Å². The zero-order chi connectivity index (χ0) is 17.8. The molecule has 134 valence electrons. The van der Waals surface area contributed by atoms with Gasteiger partial charge in [-0.05, 0) is 52.7 Å². The highest BCUT2D eigenvalue weighted by atomic mass is 16.2. The van der Waals surface area contributed by atoms with Crippen LogP contribution < -0.4 is 5.32 Å². The number of carbonyl (C=O) groups is 2. The Kier molecular flexibility index (Phi) is 6.63. The first-order valence-electron chi connectivity index (χ1n) is 8.64. The summed E-state index contributed by atoms with van der Waals surface area (Å²) in [6, 6.07) is 0. The Morgan fingerprint density at radius 3 is 2.39 bits per heavy atom. The van der Waals surface area contributed by atoms with Gasteiger partial charge in [-0.25, -0.2) is 0 Å². The minimum atomic E-state index is -0.253. The topological polar surface area (TPSA) is 52.6 Å². The summed E-state index contributed by atoms with van der Waals surface area (Å²) in [7, 11) is 4.05. The van der Waals surface area contributed by atoms with E-state index in [0.29, 0.717) is 13.0 Å². The lowest BCUT2D eigenvalue weighted by Crippen LogP contribution is -2.48. The van der Waals surface area contributed by atoms with Gasteiger partial charge in [0.25, 0.3) is 0 Å². The first kappa shape index (κ1) is 19.9. The molecule has 1 fully saturated rings. The Balaban J connectivity index is 2.50. The fourth-order valence-electron chi connectivity index (χ4n) is 3.55. The van der Waals surface area contributed by atoms with E-state index in [2.05, 4.69) is 44.8 Å². The van der Waals surface area contributed by atoms with Crippen LogP contribution in [0.1, 0.15) is 53.9 Å². The summed E-state index contributed by atoms with van der Waals surface area (Å²) in [5.74, 6) is -0.0821. The number of likely N-dealkylation sites (tertiary alicyclic amines) is 1. The van der Waals surface area contributed by atoms with E-state index in [-0.39, 0.29) is 28.7 Å². The number of rotatable bonds is 7. The fourth-order valence-corrected chi connectivity index (χ4v) is 3.55. The average molecular weight is 325 g/mol. The first-order valence-corrected chi connectivity index (χ1v) is 8.64. The van der Waals surface area contributed by atoms with Crippen LogP contribution >= 0.6 is 0 Å². The van der Waals surface area contributed by atoms with E-state index in [1.165, 1.54) is 0 Å². The van der Waals surface area contributed by atoms with Crippen LogP contribution in [0.3, 0.4) is 0 Å². The van der Waals surface area contributed by atoms with Gasteiger partial charge in [-0.1, -0.05) is 20.8 Å². The van der Waals surface area contributed by atoms with Crippen LogP contribution in [-0.2, 0) is 9.59 Å². The maximum Gasteiger partial charge on any atom is 0.225 e. The predicted molar refractivity (Wildman–Crippen MR) is 94.2 cm³/mol. The molecule has 0 aromatic carbocycles. The van der Waals surface area contributed by atoms with Crippen LogP contribution in [0.4, 0.5) is 0 Å². The highest BCUT2D eigenvalue weighted by molar-refractivity contribution is 5.89. The lowest BCUT2D eigenvalue weighted by molar-refractivity contribution is -0.129. The molecule has 0 spiro atoms. The van der Waals surface area contributed by atoms with Crippen molar-refractivity contribution in [2.24, 2.45) is 11.3 Å². The summed E-state index contributed by atoms with van der Waals surface area (Å²) < 4.78 is 0. The minimum absolute atomic E-state index is 0.0164. The molecule has 0 saturated carbocycles. The number of amides is 2. The second-order valence-corrected chi connectivity index (χ2v) is 9.01. The summed E-state index contributed by atoms with van der Waals surface area (Å²) in [6.45, 7) is 12.9. The van der Waals surface area contributed by atoms with Gasteiger partial charge < -0.3 is 15.1 Å². The number of nitrogens with one attached hydrogen (secondary N) is 1. The molecule has 1 heterocycles. The molecule has 1 aliphatic heterocycles. The number of hydrogen-bond donors (Lipinski definition) is 1. The normalized spacial score (nSPS) is 19.6. The van der Waals surface area contributed by atoms with Gasteiger partial charge in [0.2, 0.25) is 11.8 Å². The van der Waals surface area contributed by atoms with Gasteiger partial charge in [-0.15, -0.1) is 0 Å². The van der Waals surface area contributed by atoms with Gasteiger partial charge in [0.1, 0.15) is 0 Å². The third-order valence-corrected chi connectivity index (χ3v) is 4.05. The van der Waals surface area contributed by atoms with Gasteiger partial charge in [0.15, 0.2) is 0 Å². The van der Waals surface area contributed by atoms with Crippen LogP contribution in [0.2, 0.25) is 0 Å². The number of nitrogens with zero attached hydrogens (tertiary/aromatic N) is 2. The van der Waals surface area contributed by atoms with E-state index in [1.807, 2.05) is 19.0 Å². The summed E-state index contributed by atoms with van der Waals surface area (Å²) in [6.07, 6.45) is 2.20. The Hall–Kier alpha value is -1.10. The quantitative estimate of drug-likeness (QED) is 0.780. The van der Waals surface area contributed by atoms with Crippen molar-refractivity contribution in [3.8, 4) is 0 Å². The lowest BCUT2D eigenvalue weighted by Gasteiger charge is -2.34. The maximum atomic E-state index is 12.5. The van der Waals surface area contributed by atoms with Gasteiger partial charge >= 0.3 is 0 Å². The molecule has 1 atom stereocenters. The number of hydrogen-bond acceptors (Lipinski definition) is 3. The van der Waals surface area contributed by atoms with Crippen molar-refractivity contribution in [3.63, 3.8) is 0 Å².